The zero-order valence-corrected chi connectivity index (χ0v) is 11.2. The average molecular weight is 239 g/mol. The first-order valence-corrected chi connectivity index (χ1v) is 5.64. The summed E-state index contributed by atoms with van der Waals surface area (Å²) in [5.74, 6) is 1.92. The molecule has 1 aromatic rings. The highest BCUT2D eigenvalue weighted by molar-refractivity contribution is 5.48. The van der Waals surface area contributed by atoms with E-state index in [0.29, 0.717) is 12.5 Å². The van der Waals surface area contributed by atoms with Gasteiger partial charge in [-0.2, -0.15) is 5.48 Å². The van der Waals surface area contributed by atoms with E-state index in [2.05, 4.69) is 19.3 Å². The van der Waals surface area contributed by atoms with Gasteiger partial charge < -0.3 is 14.3 Å². The first-order valence-electron chi connectivity index (χ1n) is 5.64. The molecule has 4 heteroatoms. The van der Waals surface area contributed by atoms with Gasteiger partial charge >= 0.3 is 0 Å². The maximum atomic E-state index is 5.31. The molecule has 0 atom stereocenters. The average Bonchev–Trinajstić information content (AvgIpc) is 2.34. The van der Waals surface area contributed by atoms with Crippen molar-refractivity contribution in [2.24, 2.45) is 0 Å². The monoisotopic (exact) mass is 239 g/mol. The minimum absolute atomic E-state index is 0.420. The molecule has 96 valence electrons. The summed E-state index contributed by atoms with van der Waals surface area (Å²) < 4.78 is 10.6. The summed E-state index contributed by atoms with van der Waals surface area (Å²) in [5.41, 5.74) is 5.23. The second-order valence-electron chi connectivity index (χ2n) is 4.09. The van der Waals surface area contributed by atoms with Crippen LogP contribution in [0.15, 0.2) is 12.1 Å². The molecular formula is C13H21NO3. The van der Waals surface area contributed by atoms with Crippen LogP contribution in [-0.2, 0) is 11.4 Å². The second kappa shape index (κ2) is 6.47. The molecule has 4 nitrogen and oxygen atoms in total. The van der Waals surface area contributed by atoms with Crippen LogP contribution in [0.5, 0.6) is 11.5 Å². The van der Waals surface area contributed by atoms with E-state index >= 15 is 0 Å². The molecule has 0 unspecified atom stereocenters. The molecule has 0 amide bonds. The predicted octanol–water partition coefficient (Wildman–Crippen LogP) is 2.48. The molecule has 0 saturated heterocycles. The van der Waals surface area contributed by atoms with Crippen molar-refractivity contribution in [2.45, 2.75) is 26.3 Å². The third-order valence-electron chi connectivity index (χ3n) is 2.67. The van der Waals surface area contributed by atoms with Gasteiger partial charge in [0, 0.05) is 6.54 Å². The molecule has 0 spiro atoms. The van der Waals surface area contributed by atoms with E-state index in [1.54, 1.807) is 21.3 Å². The Labute approximate surface area is 103 Å². The summed E-state index contributed by atoms with van der Waals surface area (Å²) in [6, 6.07) is 4.01. The van der Waals surface area contributed by atoms with Crippen molar-refractivity contribution < 1.29 is 14.3 Å². The SMILES string of the molecule is CONCc1cc(OC)c(OC)cc1C(C)C. The zero-order valence-electron chi connectivity index (χ0n) is 11.2. The minimum atomic E-state index is 0.420. The molecule has 0 aromatic heterocycles. The standard InChI is InChI=1S/C13H21NO3/c1-9(2)11-7-13(16-4)12(15-3)6-10(11)8-14-17-5/h6-7,9,14H,8H2,1-5H3. The molecular weight excluding hydrogens is 218 g/mol. The van der Waals surface area contributed by atoms with E-state index in [-0.39, 0.29) is 0 Å². The van der Waals surface area contributed by atoms with Crippen LogP contribution in [0, 0.1) is 0 Å². The Hall–Kier alpha value is -1.26. The molecule has 1 aromatic carbocycles. The van der Waals surface area contributed by atoms with Crippen LogP contribution < -0.4 is 15.0 Å². The van der Waals surface area contributed by atoms with Crippen molar-refractivity contribution >= 4 is 0 Å². The van der Waals surface area contributed by atoms with E-state index in [4.69, 9.17) is 14.3 Å². The maximum Gasteiger partial charge on any atom is 0.161 e. The lowest BCUT2D eigenvalue weighted by Crippen LogP contribution is -2.13. The Bertz CT molecular complexity index is 364. The van der Waals surface area contributed by atoms with Gasteiger partial charge in [0.2, 0.25) is 0 Å². The van der Waals surface area contributed by atoms with Gasteiger partial charge in [0.25, 0.3) is 0 Å². The number of methoxy groups -OCH3 is 2. The van der Waals surface area contributed by atoms with Crippen molar-refractivity contribution in [3.63, 3.8) is 0 Å². The van der Waals surface area contributed by atoms with Gasteiger partial charge in [0.05, 0.1) is 21.3 Å². The van der Waals surface area contributed by atoms with Crippen LogP contribution in [0.1, 0.15) is 30.9 Å². The normalized spacial score (nSPS) is 10.7. The topological polar surface area (TPSA) is 39.7 Å². The van der Waals surface area contributed by atoms with Gasteiger partial charge in [0.1, 0.15) is 0 Å². The van der Waals surface area contributed by atoms with Gasteiger partial charge in [0.15, 0.2) is 11.5 Å². The fourth-order valence-electron chi connectivity index (χ4n) is 1.78. The van der Waals surface area contributed by atoms with Gasteiger partial charge in [-0.25, -0.2) is 0 Å². The molecule has 0 bridgehead atoms. The zero-order chi connectivity index (χ0) is 12.8. The fourth-order valence-corrected chi connectivity index (χ4v) is 1.78. The van der Waals surface area contributed by atoms with E-state index in [9.17, 15) is 0 Å². The van der Waals surface area contributed by atoms with Gasteiger partial charge in [-0.1, -0.05) is 13.8 Å². The largest absolute Gasteiger partial charge is 0.493 e. The van der Waals surface area contributed by atoms with E-state index in [0.717, 1.165) is 17.1 Å². The molecule has 1 N–H and O–H groups in total. The number of nitrogens with one attached hydrogen (secondary N) is 1. The van der Waals surface area contributed by atoms with Gasteiger partial charge in [-0.05, 0) is 29.2 Å². The molecule has 0 saturated carbocycles. The summed E-state index contributed by atoms with van der Waals surface area (Å²) in [5, 5.41) is 0. The molecule has 17 heavy (non-hydrogen) atoms. The highest BCUT2D eigenvalue weighted by atomic mass is 16.6. The predicted molar refractivity (Wildman–Crippen MR) is 67.5 cm³/mol. The van der Waals surface area contributed by atoms with Crippen LogP contribution >= 0.6 is 0 Å². The fraction of sp³-hybridized carbons (Fsp3) is 0.538. The van der Waals surface area contributed by atoms with Crippen molar-refractivity contribution in [2.75, 3.05) is 21.3 Å². The number of hydrogen-bond acceptors (Lipinski definition) is 4. The van der Waals surface area contributed by atoms with Crippen LogP contribution in [0.2, 0.25) is 0 Å². The third-order valence-corrected chi connectivity index (χ3v) is 2.67. The van der Waals surface area contributed by atoms with Crippen LogP contribution in [-0.4, -0.2) is 21.3 Å². The number of rotatable bonds is 6. The lowest BCUT2D eigenvalue weighted by molar-refractivity contribution is 0.0864. The van der Waals surface area contributed by atoms with Crippen molar-refractivity contribution in [1.82, 2.24) is 5.48 Å². The van der Waals surface area contributed by atoms with E-state index in [1.165, 1.54) is 5.56 Å². The first kappa shape index (κ1) is 13.8. The summed E-state index contributed by atoms with van der Waals surface area (Å²) in [6.45, 7) is 4.94. The molecule has 1 rings (SSSR count). The molecule has 0 aliphatic carbocycles. The summed E-state index contributed by atoms with van der Waals surface area (Å²) in [6.07, 6.45) is 0. The number of ether oxygens (including phenoxy) is 2. The highest BCUT2D eigenvalue weighted by Gasteiger charge is 2.13. The van der Waals surface area contributed by atoms with Crippen molar-refractivity contribution in [3.8, 4) is 11.5 Å². The molecule has 0 heterocycles. The Morgan fingerprint density at radius 1 is 1.06 bits per heavy atom. The van der Waals surface area contributed by atoms with E-state index < -0.39 is 0 Å². The minimum Gasteiger partial charge on any atom is -0.493 e. The summed E-state index contributed by atoms with van der Waals surface area (Å²) in [4.78, 5) is 4.89. The third kappa shape index (κ3) is 3.35. The van der Waals surface area contributed by atoms with Crippen molar-refractivity contribution in [3.05, 3.63) is 23.3 Å². The second-order valence-corrected chi connectivity index (χ2v) is 4.09. The maximum absolute atomic E-state index is 5.31. The number of hydroxylamine groups is 1. The first-order chi connectivity index (χ1) is 8.13. The van der Waals surface area contributed by atoms with Crippen LogP contribution in [0.4, 0.5) is 0 Å². The quantitative estimate of drug-likeness (QED) is 0.774. The molecule has 0 aliphatic heterocycles. The highest BCUT2D eigenvalue weighted by Crippen LogP contribution is 2.33. The van der Waals surface area contributed by atoms with Crippen LogP contribution in [0.3, 0.4) is 0 Å². The molecule has 0 fully saturated rings. The Kier molecular flexibility index (Phi) is 5.25. The Balaban J connectivity index is 3.15. The molecule has 0 aliphatic rings. The number of hydrogen-bond donors (Lipinski definition) is 1. The van der Waals surface area contributed by atoms with Gasteiger partial charge in [-0.15, -0.1) is 0 Å². The Morgan fingerprint density at radius 2 is 1.65 bits per heavy atom. The Morgan fingerprint density at radius 3 is 2.12 bits per heavy atom. The van der Waals surface area contributed by atoms with Crippen molar-refractivity contribution in [1.29, 1.82) is 0 Å². The smallest absolute Gasteiger partial charge is 0.161 e. The lowest BCUT2D eigenvalue weighted by Gasteiger charge is -2.17. The molecule has 0 radical (unpaired) electrons. The summed E-state index contributed by atoms with van der Waals surface area (Å²) >= 11 is 0. The van der Waals surface area contributed by atoms with Gasteiger partial charge in [-0.3, -0.25) is 0 Å². The number of benzene rings is 1. The summed E-state index contributed by atoms with van der Waals surface area (Å²) in [7, 11) is 4.89. The lowest BCUT2D eigenvalue weighted by atomic mass is 9.96. The van der Waals surface area contributed by atoms with E-state index in [1.807, 2.05) is 12.1 Å². The van der Waals surface area contributed by atoms with Crippen LogP contribution in [0.25, 0.3) is 0 Å².